The van der Waals surface area contributed by atoms with E-state index in [0.29, 0.717) is 11.0 Å². The minimum absolute atomic E-state index is 0.421. The second kappa shape index (κ2) is 6.38. The van der Waals surface area contributed by atoms with E-state index in [1.54, 1.807) is 31.6 Å². The minimum atomic E-state index is -0.660. The molecule has 0 spiro atoms. The molecule has 0 aliphatic carbocycles. The van der Waals surface area contributed by atoms with Crippen molar-refractivity contribution in [3.63, 3.8) is 0 Å². The van der Waals surface area contributed by atoms with E-state index in [2.05, 4.69) is 0 Å². The molecule has 0 atom stereocenters. The van der Waals surface area contributed by atoms with Gasteiger partial charge in [-0.2, -0.15) is 0 Å². The largest absolute Gasteiger partial charge is 0.504 e. The molecule has 0 aromatic heterocycles. The molecule has 1 fully saturated rings. The fourth-order valence-electron chi connectivity index (χ4n) is 2.38. The summed E-state index contributed by atoms with van der Waals surface area (Å²) in [5.74, 6) is -0.428. The highest BCUT2D eigenvalue weighted by Gasteiger charge is 2.53. The average Bonchev–Trinajstić information content (AvgIpc) is 2.71. The third kappa shape index (κ3) is 3.28. The summed E-state index contributed by atoms with van der Waals surface area (Å²) in [5.41, 5.74) is 0.857. The minimum Gasteiger partial charge on any atom is -0.504 e. The lowest BCUT2D eigenvalue weighted by atomic mass is 9.72. The van der Waals surface area contributed by atoms with Crippen LogP contribution in [0.2, 0.25) is 0 Å². The van der Waals surface area contributed by atoms with Crippen LogP contribution in [0, 0.1) is 0 Å². The van der Waals surface area contributed by atoms with Crippen LogP contribution in [-0.2, 0) is 18.8 Å². The Kier molecular flexibility index (Phi) is 4.87. The van der Waals surface area contributed by atoms with Crippen molar-refractivity contribution in [1.29, 1.82) is 0 Å². The van der Waals surface area contributed by atoms with Crippen molar-refractivity contribution in [2.75, 3.05) is 14.2 Å². The monoisotopic (exact) mass is 318 g/mol. The Morgan fingerprint density at radius 2 is 1.74 bits per heavy atom. The third-order valence-corrected chi connectivity index (χ3v) is 4.42. The fourth-order valence-corrected chi connectivity index (χ4v) is 2.38. The van der Waals surface area contributed by atoms with E-state index in [1.807, 2.05) is 33.8 Å². The highest BCUT2D eigenvalue weighted by atomic mass is 16.7. The topological polar surface area (TPSA) is 54.0 Å². The summed E-state index contributed by atoms with van der Waals surface area (Å²) in [6, 6.07) is 5.37. The van der Waals surface area contributed by atoms with Crippen molar-refractivity contribution in [2.45, 2.75) is 38.9 Å². The number of methoxy groups -OCH3 is 2. The Morgan fingerprint density at radius 3 is 2.26 bits per heavy atom. The first-order valence-corrected chi connectivity index (χ1v) is 7.49. The molecule has 0 amide bonds. The quantitative estimate of drug-likeness (QED) is 0.485. The summed E-state index contributed by atoms with van der Waals surface area (Å²) in [7, 11) is 2.26. The van der Waals surface area contributed by atoms with Crippen LogP contribution in [-0.4, -0.2) is 38.5 Å². The molecule has 1 saturated heterocycles. The highest BCUT2D eigenvalue weighted by molar-refractivity contribution is 6.64. The predicted octanol–water partition coefficient (Wildman–Crippen LogP) is 2.39. The molecule has 2 rings (SSSR count). The first kappa shape index (κ1) is 17.6. The molecule has 1 aromatic carbocycles. The third-order valence-electron chi connectivity index (χ3n) is 4.42. The number of carbonyl (C=O) groups excluding carboxylic acids is 1. The molecular weight excluding hydrogens is 295 g/mol. The molecule has 1 aromatic rings. The van der Waals surface area contributed by atoms with Gasteiger partial charge in [-0.25, -0.2) is 4.79 Å². The second-order valence-electron chi connectivity index (χ2n) is 6.43. The van der Waals surface area contributed by atoms with Crippen LogP contribution in [0.1, 0.15) is 43.6 Å². The van der Waals surface area contributed by atoms with Crippen LogP contribution in [0.15, 0.2) is 24.5 Å². The molecule has 23 heavy (non-hydrogen) atoms. The standard InChI is InChI=1S/C17H23BO5/c1-16(2)17(3,4)23-18(22-16)14-12(10-11-20-5)8-7-9-13(14)15(19)21-6/h7-11H,1-6H3/b11-10+. The van der Waals surface area contributed by atoms with Gasteiger partial charge in [0.25, 0.3) is 0 Å². The van der Waals surface area contributed by atoms with Gasteiger partial charge in [-0.1, -0.05) is 12.1 Å². The smallest absolute Gasteiger partial charge is 0.496 e. The van der Waals surface area contributed by atoms with Gasteiger partial charge in [-0.3, -0.25) is 0 Å². The van der Waals surface area contributed by atoms with E-state index in [1.165, 1.54) is 7.11 Å². The lowest BCUT2D eigenvalue weighted by Crippen LogP contribution is -2.41. The maximum atomic E-state index is 12.2. The summed E-state index contributed by atoms with van der Waals surface area (Å²) in [5, 5.41) is 0. The molecule has 1 aliphatic heterocycles. The van der Waals surface area contributed by atoms with Crippen molar-refractivity contribution in [1.82, 2.24) is 0 Å². The van der Waals surface area contributed by atoms with Crippen LogP contribution >= 0.6 is 0 Å². The van der Waals surface area contributed by atoms with Crippen molar-refractivity contribution < 1.29 is 23.6 Å². The molecule has 1 aliphatic rings. The molecule has 124 valence electrons. The molecule has 0 unspecified atom stereocenters. The predicted molar refractivity (Wildman–Crippen MR) is 89.5 cm³/mol. The van der Waals surface area contributed by atoms with Crippen LogP contribution in [0.4, 0.5) is 0 Å². The number of hydrogen-bond acceptors (Lipinski definition) is 5. The Balaban J connectivity index is 2.55. The summed E-state index contributed by atoms with van der Waals surface area (Å²) in [6.45, 7) is 7.88. The molecule has 0 bridgehead atoms. The van der Waals surface area contributed by atoms with Gasteiger partial charge in [0, 0.05) is 5.46 Å². The Bertz CT molecular complexity index is 605. The number of benzene rings is 1. The van der Waals surface area contributed by atoms with Gasteiger partial charge in [0.1, 0.15) is 0 Å². The lowest BCUT2D eigenvalue weighted by molar-refractivity contribution is 0.00578. The lowest BCUT2D eigenvalue weighted by Gasteiger charge is -2.32. The molecular formula is C17H23BO5. The fraction of sp³-hybridized carbons (Fsp3) is 0.471. The summed E-state index contributed by atoms with van der Waals surface area (Å²) >= 11 is 0. The van der Waals surface area contributed by atoms with E-state index >= 15 is 0 Å². The van der Waals surface area contributed by atoms with E-state index < -0.39 is 24.3 Å². The molecule has 0 saturated carbocycles. The van der Waals surface area contributed by atoms with Gasteiger partial charge in [0.2, 0.25) is 0 Å². The van der Waals surface area contributed by atoms with Gasteiger partial charge in [-0.15, -0.1) is 0 Å². The molecule has 6 heteroatoms. The number of rotatable bonds is 4. The van der Waals surface area contributed by atoms with E-state index in [0.717, 1.165) is 5.56 Å². The first-order valence-electron chi connectivity index (χ1n) is 7.49. The van der Waals surface area contributed by atoms with Crippen molar-refractivity contribution >= 4 is 24.6 Å². The summed E-state index contributed by atoms with van der Waals surface area (Å²) in [6.07, 6.45) is 3.32. The maximum Gasteiger partial charge on any atom is 0.496 e. The SMILES string of the molecule is CO/C=C/c1cccc(C(=O)OC)c1B1OC(C)(C)C(C)(C)O1. The molecule has 1 heterocycles. The van der Waals surface area contributed by atoms with Crippen LogP contribution < -0.4 is 5.46 Å². The first-order chi connectivity index (χ1) is 10.7. The van der Waals surface area contributed by atoms with Crippen LogP contribution in [0.25, 0.3) is 6.08 Å². The van der Waals surface area contributed by atoms with E-state index in [9.17, 15) is 4.79 Å². The summed E-state index contributed by atoms with van der Waals surface area (Å²) in [4.78, 5) is 12.2. The Morgan fingerprint density at radius 1 is 1.13 bits per heavy atom. The van der Waals surface area contributed by atoms with Gasteiger partial charge in [-0.05, 0) is 45.4 Å². The van der Waals surface area contributed by atoms with Crippen LogP contribution in [0.5, 0.6) is 0 Å². The molecule has 5 nitrogen and oxygen atoms in total. The zero-order chi connectivity index (χ0) is 17.3. The average molecular weight is 318 g/mol. The highest BCUT2D eigenvalue weighted by Crippen LogP contribution is 2.37. The van der Waals surface area contributed by atoms with Crippen molar-refractivity contribution in [3.8, 4) is 0 Å². The van der Waals surface area contributed by atoms with Crippen molar-refractivity contribution in [2.24, 2.45) is 0 Å². The van der Waals surface area contributed by atoms with E-state index in [-0.39, 0.29) is 0 Å². The van der Waals surface area contributed by atoms with Gasteiger partial charge in [0.05, 0.1) is 37.2 Å². The summed E-state index contributed by atoms with van der Waals surface area (Å²) < 4.78 is 22.1. The Hall–Kier alpha value is -1.79. The van der Waals surface area contributed by atoms with E-state index in [4.69, 9.17) is 18.8 Å². The van der Waals surface area contributed by atoms with Gasteiger partial charge in [0.15, 0.2) is 0 Å². The normalized spacial score (nSPS) is 19.1. The number of carbonyl (C=O) groups is 1. The zero-order valence-electron chi connectivity index (χ0n) is 14.5. The van der Waals surface area contributed by atoms with Crippen molar-refractivity contribution in [3.05, 3.63) is 35.6 Å². The number of hydrogen-bond donors (Lipinski definition) is 0. The van der Waals surface area contributed by atoms with Gasteiger partial charge < -0.3 is 18.8 Å². The number of ether oxygens (including phenoxy) is 2. The second-order valence-corrected chi connectivity index (χ2v) is 6.43. The maximum absolute atomic E-state index is 12.2. The molecule has 0 radical (unpaired) electrons. The zero-order valence-corrected chi connectivity index (χ0v) is 14.5. The molecule has 0 N–H and O–H groups in total. The van der Waals surface area contributed by atoms with Gasteiger partial charge >= 0.3 is 13.1 Å². The van der Waals surface area contributed by atoms with Crippen LogP contribution in [0.3, 0.4) is 0 Å². The number of esters is 1. The Labute approximate surface area is 137 Å².